The number of hydrogen-bond acceptors (Lipinski definition) is 2. The molecule has 4 aliphatic heterocycles. The average Bonchev–Trinajstić information content (AvgIpc) is 1.06. The molecular formula is C85H72N2. The van der Waals surface area contributed by atoms with Crippen molar-refractivity contribution in [2.75, 3.05) is 9.80 Å². The van der Waals surface area contributed by atoms with Crippen molar-refractivity contribution in [3.63, 3.8) is 0 Å². The lowest BCUT2D eigenvalue weighted by atomic mass is 9.54. The van der Waals surface area contributed by atoms with Gasteiger partial charge in [0.05, 0.1) is 16.5 Å². The Bertz CT molecular complexity index is 4770. The van der Waals surface area contributed by atoms with Gasteiger partial charge < -0.3 is 9.80 Å². The first-order valence-electron chi connectivity index (χ1n) is 31.6. The molecule has 11 aromatic carbocycles. The molecule has 11 aromatic rings. The third kappa shape index (κ3) is 7.05. The number of hydrogen-bond donors (Lipinski definition) is 0. The molecule has 2 heteroatoms. The summed E-state index contributed by atoms with van der Waals surface area (Å²) >= 11 is 0. The number of fused-ring (bicyclic) bond motifs is 6. The van der Waals surface area contributed by atoms with Crippen molar-refractivity contribution in [1.82, 2.24) is 0 Å². The van der Waals surface area contributed by atoms with Gasteiger partial charge in [-0.3, -0.25) is 0 Å². The largest absolute Gasteiger partial charge is 0.310 e. The molecule has 4 aliphatic carbocycles. The zero-order valence-corrected chi connectivity index (χ0v) is 51.5. The minimum Gasteiger partial charge on any atom is -0.310 e. The molecule has 3 atom stereocenters. The molecule has 0 fully saturated rings. The second kappa shape index (κ2) is 17.9. The number of rotatable bonds is 4. The molecular weight excluding hydrogens is 1050 g/mol. The zero-order valence-electron chi connectivity index (χ0n) is 51.5. The van der Waals surface area contributed by atoms with E-state index in [0.29, 0.717) is 0 Å². The number of anilines is 6. The fourth-order valence-corrected chi connectivity index (χ4v) is 17.0. The highest BCUT2D eigenvalue weighted by molar-refractivity contribution is 6.15. The van der Waals surface area contributed by atoms with Gasteiger partial charge in [0.15, 0.2) is 0 Å². The van der Waals surface area contributed by atoms with E-state index < -0.39 is 10.8 Å². The van der Waals surface area contributed by atoms with Crippen molar-refractivity contribution in [3.8, 4) is 22.3 Å². The van der Waals surface area contributed by atoms with E-state index in [9.17, 15) is 0 Å². The first kappa shape index (κ1) is 52.1. The van der Waals surface area contributed by atoms with Crippen LogP contribution < -0.4 is 9.80 Å². The van der Waals surface area contributed by atoms with Crippen molar-refractivity contribution in [1.29, 1.82) is 0 Å². The predicted molar refractivity (Wildman–Crippen MR) is 364 cm³/mol. The van der Waals surface area contributed by atoms with Gasteiger partial charge in [-0.15, -0.1) is 0 Å². The number of benzene rings is 11. The maximum atomic E-state index is 2.61. The van der Waals surface area contributed by atoms with Crippen molar-refractivity contribution >= 4 is 44.9 Å². The van der Waals surface area contributed by atoms with Crippen molar-refractivity contribution in [2.24, 2.45) is 5.41 Å². The Morgan fingerprint density at radius 3 is 1.41 bits per heavy atom. The summed E-state index contributed by atoms with van der Waals surface area (Å²) < 4.78 is 0. The Balaban J connectivity index is 1.03. The fraction of sp³-hybridized carbons (Fsp3) is 0.200. The standard InChI is InChI=1S/C85H72N2/c1-80(2,3)53-26-34-57(35-27-53)84-59-38-30-55(31-39-59)82(7,8)61-18-16-23-64(50-61)86(62-19-12-10-13-20-62)65-42-44-67(74(84)51-65)69-46-47-70-68-45-43-66-52-75(68)85(72-49-48-71(84)77(69)78(70)72,58-36-28-54(29-37-58)81(4,5)6)60-40-32-56(33-41-60)83(9)73-24-17-25-76(79(73)83)87(66)63-21-14-11-15-22-63/h10-28,30-36,38-52H,29,37H2,1-9H3. The molecule has 0 spiro atoms. The van der Waals surface area contributed by atoms with Crippen molar-refractivity contribution in [2.45, 2.75) is 102 Å². The van der Waals surface area contributed by atoms with E-state index >= 15 is 0 Å². The second-order valence-electron chi connectivity index (χ2n) is 28.5. The lowest BCUT2D eigenvalue weighted by molar-refractivity contribution is 0.474. The number of allylic oxidation sites excluding steroid dienone is 4. The van der Waals surface area contributed by atoms with E-state index in [4.69, 9.17) is 0 Å². The minimum atomic E-state index is -0.759. The van der Waals surface area contributed by atoms with Gasteiger partial charge in [0.25, 0.3) is 0 Å². The molecule has 0 amide bonds. The Morgan fingerprint density at radius 1 is 0.333 bits per heavy atom. The molecule has 87 heavy (non-hydrogen) atoms. The van der Waals surface area contributed by atoms with Crippen LogP contribution in [0.15, 0.2) is 260 Å². The summed E-state index contributed by atoms with van der Waals surface area (Å²) in [6.45, 7) is 21.4. The van der Waals surface area contributed by atoms with Gasteiger partial charge in [0.1, 0.15) is 0 Å². The lowest BCUT2D eigenvalue weighted by Gasteiger charge is -2.48. The fourth-order valence-electron chi connectivity index (χ4n) is 17.0. The zero-order chi connectivity index (χ0) is 59.1. The van der Waals surface area contributed by atoms with E-state index in [-0.39, 0.29) is 21.7 Å². The molecule has 8 aliphatic rings. The summed E-state index contributed by atoms with van der Waals surface area (Å²) in [4.78, 5) is 5.04. The van der Waals surface area contributed by atoms with Crippen LogP contribution in [-0.2, 0) is 27.1 Å². The van der Waals surface area contributed by atoms with Crippen LogP contribution in [0.4, 0.5) is 34.1 Å². The van der Waals surface area contributed by atoms with Crippen molar-refractivity contribution in [3.05, 3.63) is 332 Å². The van der Waals surface area contributed by atoms with Gasteiger partial charge >= 0.3 is 0 Å². The first-order chi connectivity index (χ1) is 42.0. The summed E-state index contributed by atoms with van der Waals surface area (Å²) in [7, 11) is 0. The molecule has 422 valence electrons. The van der Waals surface area contributed by atoms with Crippen LogP contribution in [0.2, 0.25) is 0 Å². The number of para-hydroxylation sites is 2. The molecule has 10 bridgehead atoms. The summed E-state index contributed by atoms with van der Waals surface area (Å²) in [5.41, 5.74) is 30.3. The number of nitrogens with zero attached hydrogens (tertiary/aromatic N) is 2. The first-order valence-corrected chi connectivity index (χ1v) is 31.6. The summed E-state index contributed by atoms with van der Waals surface area (Å²) in [5, 5.41) is 2.68. The van der Waals surface area contributed by atoms with Gasteiger partial charge in [-0.25, -0.2) is 0 Å². The minimum absolute atomic E-state index is 0.0340. The third-order valence-corrected chi connectivity index (χ3v) is 21.7. The topological polar surface area (TPSA) is 6.48 Å². The predicted octanol–water partition coefficient (Wildman–Crippen LogP) is 22.1. The molecule has 2 nitrogen and oxygen atoms in total. The Kier molecular flexibility index (Phi) is 10.7. The molecule has 0 saturated carbocycles. The molecule has 0 aromatic heterocycles. The Labute approximate surface area is 513 Å². The summed E-state index contributed by atoms with van der Waals surface area (Å²) in [6, 6.07) is 93.2. The quantitative estimate of drug-likeness (QED) is 0.173. The molecule has 0 N–H and O–H groups in total. The van der Waals surface area contributed by atoms with E-state index in [2.05, 4.69) is 321 Å². The van der Waals surface area contributed by atoms with Crippen LogP contribution in [0.3, 0.4) is 0 Å². The average molecular weight is 1120 g/mol. The summed E-state index contributed by atoms with van der Waals surface area (Å²) in [6.07, 6.45) is 7.00. The second-order valence-corrected chi connectivity index (χ2v) is 28.5. The Morgan fingerprint density at radius 2 is 0.828 bits per heavy atom. The molecule has 0 saturated heterocycles. The Hall–Kier alpha value is -9.24. The van der Waals surface area contributed by atoms with Crippen LogP contribution in [0.25, 0.3) is 33.0 Å². The maximum absolute atomic E-state index is 2.61. The molecule has 3 unspecified atom stereocenters. The van der Waals surface area contributed by atoms with E-state index in [0.717, 1.165) is 35.6 Å². The van der Waals surface area contributed by atoms with Gasteiger partial charge in [-0.2, -0.15) is 0 Å². The van der Waals surface area contributed by atoms with E-state index in [1.807, 2.05) is 0 Å². The van der Waals surface area contributed by atoms with Gasteiger partial charge in [0.2, 0.25) is 0 Å². The van der Waals surface area contributed by atoms with Crippen LogP contribution >= 0.6 is 0 Å². The van der Waals surface area contributed by atoms with Crippen LogP contribution in [0.1, 0.15) is 147 Å². The van der Waals surface area contributed by atoms with E-state index in [1.165, 1.54) is 128 Å². The normalized spacial score (nSPS) is 20.5. The van der Waals surface area contributed by atoms with Gasteiger partial charge in [-0.1, -0.05) is 249 Å². The monoisotopic (exact) mass is 1120 g/mol. The summed E-state index contributed by atoms with van der Waals surface area (Å²) in [5.74, 6) is 0. The van der Waals surface area contributed by atoms with Crippen LogP contribution in [-0.4, -0.2) is 0 Å². The highest BCUT2D eigenvalue weighted by Crippen LogP contribution is 2.66. The van der Waals surface area contributed by atoms with Crippen molar-refractivity contribution < 1.29 is 0 Å². The van der Waals surface area contributed by atoms with Crippen LogP contribution in [0, 0.1) is 5.41 Å². The molecule has 0 radical (unpaired) electrons. The highest BCUT2D eigenvalue weighted by Gasteiger charge is 2.54. The van der Waals surface area contributed by atoms with Crippen LogP contribution in [0.5, 0.6) is 0 Å². The maximum Gasteiger partial charge on any atom is 0.0714 e. The van der Waals surface area contributed by atoms with E-state index in [1.54, 1.807) is 0 Å². The van der Waals surface area contributed by atoms with Gasteiger partial charge in [-0.05, 0) is 203 Å². The molecule has 4 heterocycles. The smallest absolute Gasteiger partial charge is 0.0714 e. The van der Waals surface area contributed by atoms with Gasteiger partial charge in [0, 0.05) is 39.3 Å². The lowest BCUT2D eigenvalue weighted by Crippen LogP contribution is -2.38. The third-order valence-electron chi connectivity index (χ3n) is 21.7. The molecule has 19 rings (SSSR count). The SMILES string of the molecule is CC(C)(C)C1=CC=C(C23c4ccc(cc4)C4(C)c5cccc(c54)N(c4ccccc4)c4ccc(c2c4)-c2ccc4c5c(ccc3c25)C2(c3ccc(C(C)(C)C)cc3)c3ccc(cc3)C(C)(C)c3cccc(c3)N(c3ccccc3)c3ccc-4c2c3)CC1. The highest BCUT2D eigenvalue weighted by atomic mass is 15.2.